The monoisotopic (exact) mass is 294 g/mol. The zero-order chi connectivity index (χ0) is 14.7. The fourth-order valence-electron chi connectivity index (χ4n) is 4.55. The number of methoxy groups -OCH3 is 1. The second-order valence-electron chi connectivity index (χ2n) is 7.66. The minimum atomic E-state index is 0.711. The van der Waals surface area contributed by atoms with E-state index >= 15 is 0 Å². The van der Waals surface area contributed by atoms with Gasteiger partial charge in [0.25, 0.3) is 0 Å². The summed E-state index contributed by atoms with van der Waals surface area (Å²) in [5, 5.41) is 3.99. The largest absolute Gasteiger partial charge is 0.383 e. The van der Waals surface area contributed by atoms with Crippen LogP contribution in [0.3, 0.4) is 0 Å². The summed E-state index contributed by atoms with van der Waals surface area (Å²) in [5.41, 5.74) is 0. The quantitative estimate of drug-likeness (QED) is 0.781. The molecule has 3 rings (SSSR count). The van der Waals surface area contributed by atoms with Crippen LogP contribution in [-0.4, -0.2) is 49.8 Å². The van der Waals surface area contributed by atoms with Crippen molar-refractivity contribution >= 4 is 0 Å². The predicted octanol–water partition coefficient (Wildman–Crippen LogP) is 3.04. The molecule has 4 atom stereocenters. The number of nitrogens with one attached hydrogen (secondary N) is 1. The lowest BCUT2D eigenvalue weighted by molar-refractivity contribution is 0.0886. The van der Waals surface area contributed by atoms with Crippen LogP contribution in [0.4, 0.5) is 0 Å². The van der Waals surface area contributed by atoms with E-state index in [1.807, 2.05) is 7.11 Å². The first-order valence-corrected chi connectivity index (χ1v) is 9.27. The Morgan fingerprint density at radius 1 is 1.10 bits per heavy atom. The van der Waals surface area contributed by atoms with Crippen molar-refractivity contribution in [2.45, 2.75) is 76.4 Å². The molecule has 1 heterocycles. The lowest BCUT2D eigenvalue weighted by Gasteiger charge is -2.43. The zero-order valence-corrected chi connectivity index (χ0v) is 14.0. The second kappa shape index (κ2) is 7.43. The first-order chi connectivity index (χ1) is 10.3. The van der Waals surface area contributed by atoms with Crippen molar-refractivity contribution < 1.29 is 4.74 Å². The van der Waals surface area contributed by atoms with Crippen LogP contribution in [0.1, 0.15) is 58.3 Å². The third-order valence-electron chi connectivity index (χ3n) is 6.16. The van der Waals surface area contributed by atoms with Crippen molar-refractivity contribution in [1.82, 2.24) is 10.2 Å². The molecule has 2 saturated carbocycles. The number of fused-ring (bicyclic) bond motifs is 1. The van der Waals surface area contributed by atoms with E-state index in [0.29, 0.717) is 6.04 Å². The van der Waals surface area contributed by atoms with E-state index in [0.717, 1.165) is 37.1 Å². The van der Waals surface area contributed by atoms with Gasteiger partial charge in [-0.3, -0.25) is 4.90 Å². The average molecular weight is 294 g/mol. The number of rotatable bonds is 7. The van der Waals surface area contributed by atoms with Crippen molar-refractivity contribution in [2.24, 2.45) is 11.8 Å². The third kappa shape index (κ3) is 4.20. The van der Waals surface area contributed by atoms with Crippen LogP contribution in [0.15, 0.2) is 0 Å². The molecule has 3 heteroatoms. The molecule has 0 aromatic heterocycles. The van der Waals surface area contributed by atoms with Gasteiger partial charge in [-0.2, -0.15) is 0 Å². The minimum absolute atomic E-state index is 0.711. The maximum absolute atomic E-state index is 5.34. The van der Waals surface area contributed by atoms with Gasteiger partial charge in [0.2, 0.25) is 0 Å². The molecule has 3 fully saturated rings. The lowest BCUT2D eigenvalue weighted by Crippen LogP contribution is -2.54. The van der Waals surface area contributed by atoms with Gasteiger partial charge in [-0.15, -0.1) is 0 Å². The third-order valence-corrected chi connectivity index (χ3v) is 6.16. The molecule has 0 radical (unpaired) electrons. The maximum atomic E-state index is 5.34. The summed E-state index contributed by atoms with van der Waals surface area (Å²) < 4.78 is 5.34. The molecule has 0 aromatic carbocycles. The van der Waals surface area contributed by atoms with Gasteiger partial charge in [0.05, 0.1) is 6.61 Å². The van der Waals surface area contributed by atoms with Gasteiger partial charge in [-0.05, 0) is 57.3 Å². The van der Waals surface area contributed by atoms with Gasteiger partial charge < -0.3 is 10.1 Å². The highest BCUT2D eigenvalue weighted by atomic mass is 16.5. The molecule has 1 aliphatic heterocycles. The maximum Gasteiger partial charge on any atom is 0.0589 e. The van der Waals surface area contributed by atoms with Gasteiger partial charge in [-0.25, -0.2) is 0 Å². The molecule has 0 aromatic rings. The second-order valence-corrected chi connectivity index (χ2v) is 7.66. The molecule has 1 N–H and O–H groups in total. The molecule has 4 unspecified atom stereocenters. The molecular formula is C18H34N2O. The number of ether oxygens (including phenoxy) is 1. The Kier molecular flexibility index (Phi) is 5.58. The van der Waals surface area contributed by atoms with E-state index in [9.17, 15) is 0 Å². The van der Waals surface area contributed by atoms with Crippen LogP contribution in [0.5, 0.6) is 0 Å². The molecule has 0 spiro atoms. The van der Waals surface area contributed by atoms with E-state index in [1.54, 1.807) is 0 Å². The van der Waals surface area contributed by atoms with E-state index in [4.69, 9.17) is 4.74 Å². The van der Waals surface area contributed by atoms with Crippen LogP contribution >= 0.6 is 0 Å². The molecule has 2 aliphatic carbocycles. The highest BCUT2D eigenvalue weighted by Crippen LogP contribution is 2.36. The predicted molar refractivity (Wildman–Crippen MR) is 87.5 cm³/mol. The topological polar surface area (TPSA) is 24.5 Å². The summed E-state index contributed by atoms with van der Waals surface area (Å²) in [4.78, 5) is 2.70. The minimum Gasteiger partial charge on any atom is -0.383 e. The fraction of sp³-hybridized carbons (Fsp3) is 1.00. The Hall–Kier alpha value is -0.120. The Labute approximate surface area is 130 Å². The van der Waals surface area contributed by atoms with Crippen molar-refractivity contribution in [3.05, 3.63) is 0 Å². The highest BCUT2D eigenvalue weighted by molar-refractivity contribution is 4.92. The van der Waals surface area contributed by atoms with Gasteiger partial charge in [-0.1, -0.05) is 12.8 Å². The molecule has 1 saturated heterocycles. The molecular weight excluding hydrogens is 260 g/mol. The highest BCUT2D eigenvalue weighted by Gasteiger charge is 2.35. The summed E-state index contributed by atoms with van der Waals surface area (Å²) >= 11 is 0. The summed E-state index contributed by atoms with van der Waals surface area (Å²) in [6.07, 6.45) is 11.5. The Bertz CT molecular complexity index is 318. The van der Waals surface area contributed by atoms with E-state index in [1.165, 1.54) is 57.9 Å². The first-order valence-electron chi connectivity index (χ1n) is 9.27. The number of piperidine rings is 1. The summed E-state index contributed by atoms with van der Waals surface area (Å²) in [5.74, 6) is 1.93. The molecule has 21 heavy (non-hydrogen) atoms. The Morgan fingerprint density at radius 3 is 2.67 bits per heavy atom. The summed E-state index contributed by atoms with van der Waals surface area (Å²) in [6.45, 7) is 5.63. The number of nitrogens with zero attached hydrogens (tertiary/aromatic N) is 1. The van der Waals surface area contributed by atoms with Crippen LogP contribution in [0, 0.1) is 11.8 Å². The lowest BCUT2D eigenvalue weighted by atomic mass is 9.77. The zero-order valence-electron chi connectivity index (χ0n) is 14.0. The number of hydrogen-bond donors (Lipinski definition) is 1. The van der Waals surface area contributed by atoms with E-state index < -0.39 is 0 Å². The van der Waals surface area contributed by atoms with Crippen molar-refractivity contribution in [3.63, 3.8) is 0 Å². The molecule has 0 bridgehead atoms. The molecule has 3 nitrogen and oxygen atoms in total. The van der Waals surface area contributed by atoms with Crippen LogP contribution < -0.4 is 5.32 Å². The van der Waals surface area contributed by atoms with E-state index in [2.05, 4.69) is 17.1 Å². The first kappa shape index (κ1) is 15.8. The van der Waals surface area contributed by atoms with Gasteiger partial charge in [0.15, 0.2) is 0 Å². The van der Waals surface area contributed by atoms with E-state index in [-0.39, 0.29) is 0 Å². The Balaban J connectivity index is 1.52. The van der Waals surface area contributed by atoms with Crippen molar-refractivity contribution in [1.29, 1.82) is 0 Å². The molecule has 3 aliphatic rings. The van der Waals surface area contributed by atoms with Crippen molar-refractivity contribution in [3.8, 4) is 0 Å². The molecule has 122 valence electrons. The van der Waals surface area contributed by atoms with Crippen LogP contribution in [0.25, 0.3) is 0 Å². The van der Waals surface area contributed by atoms with Gasteiger partial charge in [0.1, 0.15) is 0 Å². The van der Waals surface area contributed by atoms with Gasteiger partial charge in [0, 0.05) is 38.3 Å². The van der Waals surface area contributed by atoms with Crippen LogP contribution in [0.2, 0.25) is 0 Å². The standard InChI is InChI=1S/C18H34N2O/c1-14(15-7-8-15)20(11-12-21-2)13-17-10-9-16-5-3-4-6-18(16)19-17/h14-19H,3-13H2,1-2H3. The number of hydrogen-bond acceptors (Lipinski definition) is 3. The SMILES string of the molecule is COCCN(CC1CCC2CCCCC2N1)C(C)C1CC1. The summed E-state index contributed by atoms with van der Waals surface area (Å²) in [7, 11) is 1.82. The smallest absolute Gasteiger partial charge is 0.0589 e. The fourth-order valence-corrected chi connectivity index (χ4v) is 4.55. The Morgan fingerprint density at radius 2 is 1.90 bits per heavy atom. The van der Waals surface area contributed by atoms with Crippen LogP contribution in [-0.2, 0) is 4.74 Å². The van der Waals surface area contributed by atoms with Crippen molar-refractivity contribution in [2.75, 3.05) is 26.8 Å². The van der Waals surface area contributed by atoms with Gasteiger partial charge >= 0.3 is 0 Å². The normalized spacial score (nSPS) is 34.7. The average Bonchev–Trinajstić information content (AvgIpc) is 3.35. The molecule has 0 amide bonds. The summed E-state index contributed by atoms with van der Waals surface area (Å²) in [6, 6.07) is 2.27.